The van der Waals surface area contributed by atoms with Crippen LogP contribution in [0.25, 0.3) is 21.1 Å². The van der Waals surface area contributed by atoms with E-state index in [0.717, 1.165) is 10.9 Å². The normalized spacial score (nSPS) is 14.8. The number of aromatic amines is 2. The fourth-order valence-corrected chi connectivity index (χ4v) is 5.35. The molecule has 0 radical (unpaired) electrons. The second-order valence-corrected chi connectivity index (χ2v) is 9.08. The van der Waals surface area contributed by atoms with Crippen LogP contribution in [0.4, 0.5) is 0 Å². The van der Waals surface area contributed by atoms with Gasteiger partial charge in [-0.05, 0) is 24.6 Å². The minimum absolute atomic E-state index is 0.0109. The zero-order chi connectivity index (χ0) is 23.1. The Morgan fingerprint density at radius 1 is 1.15 bits per heavy atom. The third-order valence-corrected chi connectivity index (χ3v) is 7.18. The summed E-state index contributed by atoms with van der Waals surface area (Å²) >= 11 is 1.17. The molecule has 0 saturated carbocycles. The molecular weight excluding hydrogens is 442 g/mol. The van der Waals surface area contributed by atoms with Gasteiger partial charge >= 0.3 is 5.97 Å². The van der Waals surface area contributed by atoms with Gasteiger partial charge in [0.05, 0.1) is 19.0 Å². The monoisotopic (exact) mass is 465 g/mol. The molecular formula is C23H23N5O4S. The second kappa shape index (κ2) is 8.45. The van der Waals surface area contributed by atoms with Gasteiger partial charge < -0.3 is 19.6 Å². The molecule has 1 aliphatic rings. The van der Waals surface area contributed by atoms with Gasteiger partial charge in [-0.3, -0.25) is 14.5 Å². The summed E-state index contributed by atoms with van der Waals surface area (Å²) in [6.07, 6.45) is 0. The average Bonchev–Trinajstić information content (AvgIpc) is 3.40. The fourth-order valence-electron chi connectivity index (χ4n) is 4.23. The third-order valence-electron chi connectivity index (χ3n) is 6.01. The van der Waals surface area contributed by atoms with Crippen molar-refractivity contribution in [3.05, 3.63) is 62.6 Å². The van der Waals surface area contributed by atoms with Crippen molar-refractivity contribution in [3.8, 4) is 0 Å². The molecule has 10 heteroatoms. The first-order valence-corrected chi connectivity index (χ1v) is 11.5. The summed E-state index contributed by atoms with van der Waals surface area (Å²) in [5.74, 6) is 0.0657. The van der Waals surface area contributed by atoms with E-state index in [1.165, 1.54) is 18.4 Å². The summed E-state index contributed by atoms with van der Waals surface area (Å²) in [5, 5.41) is 1.45. The molecule has 5 rings (SSSR count). The predicted octanol–water partition coefficient (Wildman–Crippen LogP) is 2.52. The van der Waals surface area contributed by atoms with Crippen molar-refractivity contribution in [1.82, 2.24) is 24.8 Å². The molecule has 0 aliphatic carbocycles. The maximum Gasteiger partial charge on any atom is 0.348 e. The number of ether oxygens (including phenoxy) is 1. The average molecular weight is 466 g/mol. The Kier molecular flexibility index (Phi) is 5.47. The molecule has 4 aromatic rings. The first-order valence-electron chi connectivity index (χ1n) is 10.6. The highest BCUT2D eigenvalue weighted by Gasteiger charge is 2.25. The quantitative estimate of drug-likeness (QED) is 0.448. The number of H-pyrrole nitrogens is 2. The highest BCUT2D eigenvalue weighted by atomic mass is 32.1. The van der Waals surface area contributed by atoms with Gasteiger partial charge in [0.1, 0.15) is 21.2 Å². The lowest BCUT2D eigenvalue weighted by molar-refractivity contribution is 0.0602. The van der Waals surface area contributed by atoms with E-state index in [9.17, 15) is 14.4 Å². The molecule has 0 atom stereocenters. The molecule has 1 aliphatic heterocycles. The van der Waals surface area contributed by atoms with Crippen LogP contribution in [0.1, 0.15) is 31.5 Å². The molecule has 1 aromatic carbocycles. The van der Waals surface area contributed by atoms with Gasteiger partial charge in [-0.25, -0.2) is 9.78 Å². The number of benzene rings is 1. The number of nitrogens with one attached hydrogen (secondary N) is 2. The van der Waals surface area contributed by atoms with E-state index in [1.54, 1.807) is 6.92 Å². The number of methoxy groups -OCH3 is 1. The van der Waals surface area contributed by atoms with Gasteiger partial charge in [0.25, 0.3) is 11.5 Å². The lowest BCUT2D eigenvalue weighted by Crippen LogP contribution is -2.48. The molecule has 0 spiro atoms. The summed E-state index contributed by atoms with van der Waals surface area (Å²) in [4.78, 5) is 53.1. The van der Waals surface area contributed by atoms with Crippen molar-refractivity contribution in [2.75, 3.05) is 33.3 Å². The number of esters is 1. The van der Waals surface area contributed by atoms with Crippen molar-refractivity contribution in [3.63, 3.8) is 0 Å². The number of carbonyl (C=O) groups excluding carboxylic acids is 2. The molecule has 2 N–H and O–H groups in total. The molecule has 1 fully saturated rings. The fraction of sp³-hybridized carbons (Fsp3) is 0.304. The van der Waals surface area contributed by atoms with Crippen LogP contribution in [0.5, 0.6) is 0 Å². The van der Waals surface area contributed by atoms with Gasteiger partial charge in [0, 0.05) is 37.1 Å². The lowest BCUT2D eigenvalue weighted by atomic mass is 10.2. The van der Waals surface area contributed by atoms with E-state index < -0.39 is 5.97 Å². The van der Waals surface area contributed by atoms with E-state index in [-0.39, 0.29) is 11.5 Å². The molecule has 9 nitrogen and oxygen atoms in total. The number of amides is 1. The number of para-hydroxylation sites is 1. The van der Waals surface area contributed by atoms with Crippen molar-refractivity contribution in [2.24, 2.45) is 0 Å². The van der Waals surface area contributed by atoms with Crippen LogP contribution in [0.2, 0.25) is 0 Å². The van der Waals surface area contributed by atoms with Crippen LogP contribution in [0.15, 0.2) is 35.1 Å². The largest absolute Gasteiger partial charge is 0.465 e. The SMILES string of the molecule is COC(=O)c1sc2nc(CN3CCN(C(=O)c4cc5ccccc5[nH]4)CC3)[nH]c(=O)c2c1C. The number of rotatable bonds is 4. The van der Waals surface area contributed by atoms with E-state index in [1.807, 2.05) is 35.2 Å². The number of hydrogen-bond donors (Lipinski definition) is 2. The first-order chi connectivity index (χ1) is 15.9. The maximum absolute atomic E-state index is 12.9. The summed E-state index contributed by atoms with van der Waals surface area (Å²) in [6.45, 7) is 4.71. The zero-order valence-electron chi connectivity index (χ0n) is 18.3. The molecule has 1 amide bonds. The minimum Gasteiger partial charge on any atom is -0.465 e. The molecule has 0 unspecified atom stereocenters. The third kappa shape index (κ3) is 3.91. The van der Waals surface area contributed by atoms with E-state index >= 15 is 0 Å². The van der Waals surface area contributed by atoms with Gasteiger partial charge in [-0.2, -0.15) is 0 Å². The van der Waals surface area contributed by atoms with Crippen molar-refractivity contribution >= 4 is 44.3 Å². The highest BCUT2D eigenvalue weighted by molar-refractivity contribution is 7.20. The number of aromatic nitrogens is 3. The van der Waals surface area contributed by atoms with Gasteiger partial charge in [0.15, 0.2) is 0 Å². The zero-order valence-corrected chi connectivity index (χ0v) is 19.1. The summed E-state index contributed by atoms with van der Waals surface area (Å²) < 4.78 is 4.81. The van der Waals surface area contributed by atoms with E-state index in [4.69, 9.17) is 4.74 Å². The van der Waals surface area contributed by atoms with Gasteiger partial charge in [-0.1, -0.05) is 18.2 Å². The summed E-state index contributed by atoms with van der Waals surface area (Å²) in [6, 6.07) is 9.72. The van der Waals surface area contributed by atoms with Crippen LogP contribution in [-0.2, 0) is 11.3 Å². The number of aryl methyl sites for hydroxylation is 1. The smallest absolute Gasteiger partial charge is 0.348 e. The number of thiophene rings is 1. The molecule has 4 heterocycles. The molecule has 33 heavy (non-hydrogen) atoms. The molecule has 1 saturated heterocycles. The Bertz CT molecular complexity index is 1390. The molecule has 0 bridgehead atoms. The number of carbonyl (C=O) groups is 2. The van der Waals surface area contributed by atoms with Crippen molar-refractivity contribution < 1.29 is 14.3 Å². The van der Waals surface area contributed by atoms with E-state index in [2.05, 4.69) is 19.9 Å². The Hall–Kier alpha value is -3.50. The van der Waals surface area contributed by atoms with Crippen LogP contribution < -0.4 is 5.56 Å². The Morgan fingerprint density at radius 2 is 1.91 bits per heavy atom. The predicted molar refractivity (Wildman–Crippen MR) is 126 cm³/mol. The topological polar surface area (TPSA) is 111 Å². The summed E-state index contributed by atoms with van der Waals surface area (Å²) in [7, 11) is 1.32. The number of nitrogens with zero attached hydrogens (tertiary/aromatic N) is 3. The van der Waals surface area contributed by atoms with Crippen molar-refractivity contribution in [2.45, 2.75) is 13.5 Å². The van der Waals surface area contributed by atoms with Crippen LogP contribution in [0.3, 0.4) is 0 Å². The number of hydrogen-bond acceptors (Lipinski definition) is 7. The number of piperazine rings is 1. The molecule has 170 valence electrons. The Morgan fingerprint density at radius 3 is 2.64 bits per heavy atom. The Balaban J connectivity index is 1.27. The van der Waals surface area contributed by atoms with Crippen LogP contribution in [0, 0.1) is 6.92 Å². The maximum atomic E-state index is 12.9. The minimum atomic E-state index is -0.466. The number of fused-ring (bicyclic) bond motifs is 2. The second-order valence-electron chi connectivity index (χ2n) is 8.08. The Labute approximate surface area is 193 Å². The van der Waals surface area contributed by atoms with Crippen LogP contribution in [-0.4, -0.2) is 69.9 Å². The summed E-state index contributed by atoms with van der Waals surface area (Å²) in [5.41, 5.74) is 1.87. The molecule has 3 aromatic heterocycles. The first kappa shape index (κ1) is 21.4. The lowest BCUT2D eigenvalue weighted by Gasteiger charge is -2.34. The standard InChI is InChI=1S/C23H23N5O4S/c1-13-18-20(29)25-17(26-21(18)33-19(13)23(31)32-2)12-27-7-9-28(10-8-27)22(30)16-11-14-5-3-4-6-15(14)24-16/h3-6,11,24H,7-10,12H2,1-2H3,(H,25,26,29). The highest BCUT2D eigenvalue weighted by Crippen LogP contribution is 2.27. The van der Waals surface area contributed by atoms with Crippen molar-refractivity contribution in [1.29, 1.82) is 0 Å². The van der Waals surface area contributed by atoms with Gasteiger partial charge in [-0.15, -0.1) is 11.3 Å². The van der Waals surface area contributed by atoms with Gasteiger partial charge in [0.2, 0.25) is 0 Å². The van der Waals surface area contributed by atoms with E-state index in [0.29, 0.717) is 64.9 Å². The van der Waals surface area contributed by atoms with Crippen LogP contribution >= 0.6 is 11.3 Å².